The molecule has 0 radical (unpaired) electrons. The van der Waals surface area contributed by atoms with Crippen LogP contribution in [0.25, 0.3) is 0 Å². The molecule has 2 atom stereocenters. The second kappa shape index (κ2) is 9.51. The van der Waals surface area contributed by atoms with Gasteiger partial charge in [-0.05, 0) is 55.8 Å². The number of nitrogens with one attached hydrogen (secondary N) is 2. The zero-order chi connectivity index (χ0) is 21.8. The number of nitrogens with zero attached hydrogens (tertiary/aromatic N) is 3. The van der Waals surface area contributed by atoms with Crippen LogP contribution < -0.4 is 15.5 Å². The lowest BCUT2D eigenvalue weighted by Crippen LogP contribution is -2.41. The topological polar surface area (TPSA) is 53.1 Å². The van der Waals surface area contributed by atoms with Gasteiger partial charge in [-0.1, -0.05) is 57.0 Å². The third kappa shape index (κ3) is 5.35. The van der Waals surface area contributed by atoms with Crippen molar-refractivity contribution in [2.24, 2.45) is 11.8 Å². The molecule has 166 valence electrons. The summed E-state index contributed by atoms with van der Waals surface area (Å²) in [5, 5.41) is 7.32. The summed E-state index contributed by atoms with van der Waals surface area (Å²) in [7, 11) is 0. The molecule has 1 aromatic heterocycles. The molecule has 5 nitrogen and oxygen atoms in total. The molecule has 1 aliphatic carbocycles. The van der Waals surface area contributed by atoms with Crippen LogP contribution in [0.5, 0.6) is 0 Å². The van der Waals surface area contributed by atoms with Gasteiger partial charge < -0.3 is 15.5 Å². The molecule has 1 aliphatic heterocycles. The summed E-state index contributed by atoms with van der Waals surface area (Å²) in [6, 6.07) is 12.9. The first-order valence-electron chi connectivity index (χ1n) is 11.6. The van der Waals surface area contributed by atoms with E-state index in [9.17, 15) is 0 Å². The number of piperidine rings is 1. The Morgan fingerprint density at radius 3 is 2.45 bits per heavy atom. The van der Waals surface area contributed by atoms with Crippen LogP contribution in [-0.4, -0.2) is 34.7 Å². The molecule has 2 fully saturated rings. The molecule has 2 heterocycles. The molecule has 2 aromatic rings. The fourth-order valence-corrected chi connectivity index (χ4v) is 5.59. The minimum atomic E-state index is 0.158. The van der Waals surface area contributed by atoms with Crippen molar-refractivity contribution in [1.82, 2.24) is 15.3 Å². The Bertz CT molecular complexity index is 884. The van der Waals surface area contributed by atoms with Crippen LogP contribution in [0.2, 0.25) is 0 Å². The Morgan fingerprint density at radius 1 is 1.10 bits per heavy atom. The van der Waals surface area contributed by atoms with Gasteiger partial charge in [0.05, 0.1) is 0 Å². The molecule has 1 saturated carbocycles. The monoisotopic (exact) mass is 437 g/mol. The van der Waals surface area contributed by atoms with Gasteiger partial charge in [0.25, 0.3) is 0 Å². The van der Waals surface area contributed by atoms with E-state index in [0.717, 1.165) is 31.1 Å². The molecule has 0 spiro atoms. The fourth-order valence-electron chi connectivity index (χ4n) is 5.43. The summed E-state index contributed by atoms with van der Waals surface area (Å²) < 4.78 is 0. The summed E-state index contributed by atoms with van der Waals surface area (Å²) >= 11 is 5.63. The van der Waals surface area contributed by atoms with E-state index in [1.54, 1.807) is 0 Å². The number of aryl methyl sites for hydroxylation is 1. The lowest BCUT2D eigenvalue weighted by atomic mass is 9.79. The molecule has 31 heavy (non-hydrogen) atoms. The molecule has 0 unspecified atom stereocenters. The number of benzene rings is 1. The third-order valence-electron chi connectivity index (χ3n) is 6.79. The van der Waals surface area contributed by atoms with Crippen molar-refractivity contribution in [3.8, 4) is 0 Å². The van der Waals surface area contributed by atoms with E-state index in [1.165, 1.54) is 37.7 Å². The molecule has 4 rings (SSSR count). The number of anilines is 2. The van der Waals surface area contributed by atoms with Crippen LogP contribution in [0.15, 0.2) is 36.4 Å². The Balaban J connectivity index is 1.42. The van der Waals surface area contributed by atoms with Gasteiger partial charge >= 0.3 is 0 Å². The summed E-state index contributed by atoms with van der Waals surface area (Å²) in [5.41, 5.74) is 2.52. The zero-order valence-electron chi connectivity index (χ0n) is 19.0. The van der Waals surface area contributed by atoms with Gasteiger partial charge in [0, 0.05) is 36.8 Å². The lowest BCUT2D eigenvalue weighted by Gasteiger charge is -2.36. The number of thiocarbonyl (C=S) groups is 1. The van der Waals surface area contributed by atoms with Gasteiger partial charge in [-0.25, -0.2) is 4.98 Å². The van der Waals surface area contributed by atoms with Gasteiger partial charge in [0.2, 0.25) is 5.95 Å². The van der Waals surface area contributed by atoms with E-state index in [-0.39, 0.29) is 5.41 Å². The first kappa shape index (κ1) is 22.0. The van der Waals surface area contributed by atoms with E-state index in [1.807, 2.05) is 6.92 Å². The van der Waals surface area contributed by atoms with Crippen molar-refractivity contribution in [3.63, 3.8) is 0 Å². The number of hydrogen-bond donors (Lipinski definition) is 2. The molecule has 6 heteroatoms. The summed E-state index contributed by atoms with van der Waals surface area (Å²) in [4.78, 5) is 11.8. The SMILES string of the molecule is Cc1cc(N2C[C@H](C)C[C@@H](C)C2)nc(NC(=S)NCC2(c3ccccc3)CCCC2)n1. The van der Waals surface area contributed by atoms with Crippen LogP contribution in [0.1, 0.15) is 57.2 Å². The summed E-state index contributed by atoms with van der Waals surface area (Å²) in [6.07, 6.45) is 6.22. The van der Waals surface area contributed by atoms with E-state index in [2.05, 4.69) is 70.8 Å². The minimum absolute atomic E-state index is 0.158. The second-order valence-corrected chi connectivity index (χ2v) is 10.1. The lowest BCUT2D eigenvalue weighted by molar-refractivity contribution is 0.355. The van der Waals surface area contributed by atoms with Gasteiger partial charge in [-0.3, -0.25) is 0 Å². The highest BCUT2D eigenvalue weighted by atomic mass is 32.1. The molecular weight excluding hydrogens is 402 g/mol. The predicted octanol–water partition coefficient (Wildman–Crippen LogP) is 5.07. The Hall–Kier alpha value is -2.21. The highest BCUT2D eigenvalue weighted by Crippen LogP contribution is 2.40. The van der Waals surface area contributed by atoms with Crippen molar-refractivity contribution in [2.45, 2.75) is 58.3 Å². The fraction of sp³-hybridized carbons (Fsp3) is 0.560. The third-order valence-corrected chi connectivity index (χ3v) is 7.04. The highest BCUT2D eigenvalue weighted by Gasteiger charge is 2.35. The quantitative estimate of drug-likeness (QED) is 0.637. The maximum atomic E-state index is 5.63. The number of rotatable bonds is 5. The maximum absolute atomic E-state index is 5.63. The van der Waals surface area contributed by atoms with Crippen molar-refractivity contribution in [1.29, 1.82) is 0 Å². The van der Waals surface area contributed by atoms with Crippen LogP contribution in [0.4, 0.5) is 11.8 Å². The molecule has 2 N–H and O–H groups in total. The Kier molecular flexibility index (Phi) is 6.75. The standard InChI is InChI=1S/C25H35N5S/c1-18-13-19(2)16-30(15-18)22-14-20(3)27-23(28-22)29-24(31)26-17-25(11-7-8-12-25)21-9-5-4-6-10-21/h4-6,9-10,14,18-19H,7-8,11-13,15-17H2,1-3H3,(H2,26,27,28,29,31)/t18-,19-/m1/s1. The van der Waals surface area contributed by atoms with Crippen LogP contribution in [0, 0.1) is 18.8 Å². The average Bonchev–Trinajstić information content (AvgIpc) is 3.22. The highest BCUT2D eigenvalue weighted by molar-refractivity contribution is 7.80. The van der Waals surface area contributed by atoms with Crippen molar-refractivity contribution >= 4 is 29.1 Å². The summed E-state index contributed by atoms with van der Waals surface area (Å²) in [6.45, 7) is 9.58. The maximum Gasteiger partial charge on any atom is 0.231 e. The van der Waals surface area contributed by atoms with Crippen molar-refractivity contribution in [2.75, 3.05) is 29.9 Å². The van der Waals surface area contributed by atoms with E-state index < -0.39 is 0 Å². The largest absolute Gasteiger partial charge is 0.361 e. The molecule has 1 saturated heterocycles. The molecule has 0 amide bonds. The smallest absolute Gasteiger partial charge is 0.231 e. The van der Waals surface area contributed by atoms with E-state index in [4.69, 9.17) is 17.2 Å². The number of hydrogen-bond acceptors (Lipinski definition) is 4. The van der Waals surface area contributed by atoms with Crippen molar-refractivity contribution < 1.29 is 0 Å². The second-order valence-electron chi connectivity index (χ2n) is 9.70. The van der Waals surface area contributed by atoms with Crippen molar-refractivity contribution in [3.05, 3.63) is 47.7 Å². The first-order valence-corrected chi connectivity index (χ1v) is 12.1. The molecular formula is C25H35N5S. The Morgan fingerprint density at radius 2 is 1.77 bits per heavy atom. The summed E-state index contributed by atoms with van der Waals surface area (Å²) in [5.74, 6) is 2.93. The number of aromatic nitrogens is 2. The van der Waals surface area contributed by atoms with Crippen LogP contribution in [-0.2, 0) is 5.41 Å². The van der Waals surface area contributed by atoms with Gasteiger partial charge in [-0.2, -0.15) is 4.98 Å². The predicted molar refractivity (Wildman–Crippen MR) is 133 cm³/mol. The van der Waals surface area contributed by atoms with E-state index in [0.29, 0.717) is 22.9 Å². The first-order chi connectivity index (χ1) is 14.9. The van der Waals surface area contributed by atoms with Crippen LogP contribution in [0.3, 0.4) is 0 Å². The molecule has 1 aromatic carbocycles. The minimum Gasteiger partial charge on any atom is -0.361 e. The van der Waals surface area contributed by atoms with Gasteiger partial charge in [-0.15, -0.1) is 0 Å². The van der Waals surface area contributed by atoms with E-state index >= 15 is 0 Å². The van der Waals surface area contributed by atoms with Gasteiger partial charge in [0.15, 0.2) is 5.11 Å². The normalized spacial score (nSPS) is 22.9. The average molecular weight is 438 g/mol. The molecule has 0 bridgehead atoms. The Labute approximate surface area is 192 Å². The van der Waals surface area contributed by atoms with Crippen LogP contribution >= 0.6 is 12.2 Å². The molecule has 2 aliphatic rings. The zero-order valence-corrected chi connectivity index (χ0v) is 19.8. The van der Waals surface area contributed by atoms with Gasteiger partial charge in [0.1, 0.15) is 5.82 Å².